The Morgan fingerprint density at radius 3 is 2.25 bits per heavy atom. The van der Waals surface area contributed by atoms with Gasteiger partial charge >= 0.3 is 0 Å². The Bertz CT molecular complexity index is 504. The summed E-state index contributed by atoms with van der Waals surface area (Å²) < 4.78 is 0. The molecule has 0 atom stereocenters. The number of benzene rings is 1. The van der Waals surface area contributed by atoms with E-state index in [1.54, 1.807) is 6.07 Å². The van der Waals surface area contributed by atoms with E-state index in [0.717, 1.165) is 0 Å². The lowest BCUT2D eigenvalue weighted by molar-refractivity contribution is -0.110. The van der Waals surface area contributed by atoms with Gasteiger partial charge in [-0.2, -0.15) is 0 Å². The van der Waals surface area contributed by atoms with Gasteiger partial charge in [-0.25, -0.2) is 0 Å². The van der Waals surface area contributed by atoms with Crippen LogP contribution in [-0.2, 0) is 9.59 Å². The predicted octanol–water partition coefficient (Wildman–Crippen LogP) is 1.95. The Kier molecular flexibility index (Phi) is 4.24. The molecule has 1 rings (SSSR count). The number of halogens is 2. The molecule has 0 bridgehead atoms. The predicted molar refractivity (Wildman–Crippen MR) is 59.6 cm³/mol. The van der Waals surface area contributed by atoms with Gasteiger partial charge in [-0.1, -0.05) is 29.3 Å². The smallest absolute Gasteiger partial charge is 0.277 e. The average molecular weight is 255 g/mol. The lowest BCUT2D eigenvalue weighted by Crippen LogP contribution is -2.13. The largest absolute Gasteiger partial charge is 0.289 e. The van der Waals surface area contributed by atoms with Crippen LogP contribution in [0.1, 0.15) is 10.4 Å². The van der Waals surface area contributed by atoms with Crippen molar-refractivity contribution in [3.8, 4) is 11.8 Å². The Labute approximate surface area is 101 Å². The zero-order valence-electron chi connectivity index (χ0n) is 7.79. The average Bonchev–Trinajstić information content (AvgIpc) is 2.25. The zero-order valence-corrected chi connectivity index (χ0v) is 9.30. The van der Waals surface area contributed by atoms with Crippen LogP contribution in [0.15, 0.2) is 18.2 Å². The Balaban J connectivity index is 3.15. The molecule has 1 aromatic rings. The number of rotatable bonds is 2. The number of ketones is 2. The second kappa shape index (κ2) is 5.45. The van der Waals surface area contributed by atoms with E-state index in [4.69, 9.17) is 23.2 Å². The quantitative estimate of drug-likeness (QED) is 0.267. The van der Waals surface area contributed by atoms with E-state index in [9.17, 15) is 14.4 Å². The normalized spacial score (nSPS) is 8.88. The van der Waals surface area contributed by atoms with Crippen LogP contribution < -0.4 is 0 Å². The van der Waals surface area contributed by atoms with Crippen LogP contribution in [0, 0.1) is 11.8 Å². The standard InChI is InChI=1S/C11H4Cl2O3/c12-7-3-1-4-8(13)10(7)11(16)9(15)5-2-6-14/h1,3-4,6H. The van der Waals surface area contributed by atoms with Gasteiger partial charge in [0.15, 0.2) is 6.29 Å². The van der Waals surface area contributed by atoms with Crippen LogP contribution in [-0.4, -0.2) is 17.9 Å². The number of carbonyl (C=O) groups excluding carboxylic acids is 3. The number of hydrogen-bond acceptors (Lipinski definition) is 3. The van der Waals surface area contributed by atoms with E-state index in [0.29, 0.717) is 0 Å². The Morgan fingerprint density at radius 1 is 1.19 bits per heavy atom. The van der Waals surface area contributed by atoms with Gasteiger partial charge in [-0.05, 0) is 24.0 Å². The van der Waals surface area contributed by atoms with Crippen molar-refractivity contribution >= 4 is 41.1 Å². The van der Waals surface area contributed by atoms with Gasteiger partial charge in [-0.3, -0.25) is 14.4 Å². The van der Waals surface area contributed by atoms with Crippen molar-refractivity contribution in [3.05, 3.63) is 33.8 Å². The molecule has 0 heterocycles. The monoisotopic (exact) mass is 254 g/mol. The molecule has 3 nitrogen and oxygen atoms in total. The summed E-state index contributed by atoms with van der Waals surface area (Å²) in [6, 6.07) is 4.41. The fourth-order valence-corrected chi connectivity index (χ4v) is 1.55. The summed E-state index contributed by atoms with van der Waals surface area (Å²) in [6.07, 6.45) is 0.222. The van der Waals surface area contributed by atoms with E-state index in [-0.39, 0.29) is 21.9 Å². The third-order valence-electron chi connectivity index (χ3n) is 1.64. The highest BCUT2D eigenvalue weighted by Crippen LogP contribution is 2.24. The third kappa shape index (κ3) is 2.69. The molecule has 1 aromatic carbocycles. The first kappa shape index (κ1) is 12.4. The molecule has 0 radical (unpaired) electrons. The highest BCUT2D eigenvalue weighted by molar-refractivity contribution is 6.55. The van der Waals surface area contributed by atoms with Gasteiger partial charge in [0.05, 0.1) is 15.6 Å². The minimum Gasteiger partial charge on any atom is -0.289 e. The molecule has 0 aliphatic rings. The molecular weight excluding hydrogens is 251 g/mol. The van der Waals surface area contributed by atoms with Crippen molar-refractivity contribution in [2.24, 2.45) is 0 Å². The van der Waals surface area contributed by atoms with Crippen LogP contribution in [0.25, 0.3) is 0 Å². The molecule has 5 heteroatoms. The minimum absolute atomic E-state index is 0.0683. The third-order valence-corrected chi connectivity index (χ3v) is 2.27. The van der Waals surface area contributed by atoms with Crippen LogP contribution in [0.3, 0.4) is 0 Å². The van der Waals surface area contributed by atoms with Crippen LogP contribution in [0.5, 0.6) is 0 Å². The first-order valence-electron chi connectivity index (χ1n) is 4.05. The maximum atomic E-state index is 11.6. The number of aldehydes is 1. The van der Waals surface area contributed by atoms with Gasteiger partial charge in [0, 0.05) is 0 Å². The van der Waals surface area contributed by atoms with Crippen LogP contribution in [0.2, 0.25) is 10.0 Å². The van der Waals surface area contributed by atoms with Crippen molar-refractivity contribution in [1.29, 1.82) is 0 Å². The summed E-state index contributed by atoms with van der Waals surface area (Å²) in [4.78, 5) is 32.7. The fraction of sp³-hybridized carbons (Fsp3) is 0. The highest BCUT2D eigenvalue weighted by Gasteiger charge is 2.20. The van der Waals surface area contributed by atoms with E-state index >= 15 is 0 Å². The molecule has 0 saturated heterocycles. The first-order chi connectivity index (χ1) is 7.57. The first-order valence-corrected chi connectivity index (χ1v) is 4.81. The van der Waals surface area contributed by atoms with Crippen molar-refractivity contribution in [2.75, 3.05) is 0 Å². The van der Waals surface area contributed by atoms with Crippen molar-refractivity contribution in [3.63, 3.8) is 0 Å². The maximum absolute atomic E-state index is 11.6. The van der Waals surface area contributed by atoms with E-state index < -0.39 is 11.6 Å². The molecule has 0 fully saturated rings. The molecule has 0 N–H and O–H groups in total. The number of hydrogen-bond donors (Lipinski definition) is 0. The van der Waals surface area contributed by atoms with Gasteiger partial charge in [0.25, 0.3) is 5.78 Å². The summed E-state index contributed by atoms with van der Waals surface area (Å²) in [5.41, 5.74) is -0.101. The summed E-state index contributed by atoms with van der Waals surface area (Å²) >= 11 is 11.5. The topological polar surface area (TPSA) is 51.2 Å². The molecule has 0 aliphatic carbocycles. The van der Waals surface area contributed by atoms with E-state index in [2.05, 4.69) is 0 Å². The van der Waals surface area contributed by atoms with Crippen molar-refractivity contribution in [1.82, 2.24) is 0 Å². The van der Waals surface area contributed by atoms with Crippen LogP contribution >= 0.6 is 23.2 Å². The molecule has 0 saturated carbocycles. The Hall–Kier alpha value is -1.63. The molecule has 0 aromatic heterocycles. The summed E-state index contributed by atoms with van der Waals surface area (Å²) in [5, 5.41) is 0.137. The molecule has 0 spiro atoms. The van der Waals surface area contributed by atoms with Crippen LogP contribution in [0.4, 0.5) is 0 Å². The maximum Gasteiger partial charge on any atom is 0.277 e. The van der Waals surface area contributed by atoms with Gasteiger partial charge < -0.3 is 0 Å². The summed E-state index contributed by atoms with van der Waals surface area (Å²) in [6.45, 7) is 0. The molecule has 0 aliphatic heterocycles. The summed E-state index contributed by atoms with van der Waals surface area (Å²) in [5.74, 6) is 1.76. The lowest BCUT2D eigenvalue weighted by Gasteiger charge is -2.01. The highest BCUT2D eigenvalue weighted by atomic mass is 35.5. The molecule has 0 unspecified atom stereocenters. The molecule has 80 valence electrons. The second-order valence-electron chi connectivity index (χ2n) is 2.64. The molecule has 16 heavy (non-hydrogen) atoms. The molecular formula is C11H4Cl2O3. The fourth-order valence-electron chi connectivity index (χ4n) is 0.980. The number of carbonyl (C=O) groups is 3. The Morgan fingerprint density at radius 2 is 1.75 bits per heavy atom. The van der Waals surface area contributed by atoms with Gasteiger partial charge in [0.1, 0.15) is 0 Å². The van der Waals surface area contributed by atoms with Crippen molar-refractivity contribution < 1.29 is 14.4 Å². The van der Waals surface area contributed by atoms with E-state index in [1.807, 2.05) is 11.8 Å². The van der Waals surface area contributed by atoms with Crippen molar-refractivity contribution in [2.45, 2.75) is 0 Å². The minimum atomic E-state index is -1.03. The lowest BCUT2D eigenvalue weighted by atomic mass is 10.1. The molecule has 0 amide bonds. The zero-order chi connectivity index (χ0) is 12.1. The SMILES string of the molecule is O=CC#CC(=O)C(=O)c1c(Cl)cccc1Cl. The van der Waals surface area contributed by atoms with E-state index in [1.165, 1.54) is 12.1 Å². The number of Topliss-reactive ketones (excluding diaryl/α,β-unsaturated/α-hetero) is 2. The second-order valence-corrected chi connectivity index (χ2v) is 3.46. The van der Waals surface area contributed by atoms with Gasteiger partial charge in [-0.15, -0.1) is 0 Å². The van der Waals surface area contributed by atoms with Gasteiger partial charge in [0.2, 0.25) is 5.78 Å². The summed E-state index contributed by atoms with van der Waals surface area (Å²) in [7, 11) is 0.